The minimum atomic E-state index is -3.19. The Hall–Kier alpha value is -1.56. The van der Waals surface area contributed by atoms with Gasteiger partial charge >= 0.3 is 0 Å². The third kappa shape index (κ3) is 5.23. The van der Waals surface area contributed by atoms with Crippen molar-refractivity contribution in [3.63, 3.8) is 0 Å². The molecule has 23 heavy (non-hydrogen) atoms. The highest BCUT2D eigenvalue weighted by atomic mass is 32.2. The third-order valence-electron chi connectivity index (χ3n) is 4.27. The molecule has 5 nitrogen and oxygen atoms in total. The highest BCUT2D eigenvalue weighted by Crippen LogP contribution is 2.16. The first-order chi connectivity index (χ1) is 11.0. The quantitative estimate of drug-likeness (QED) is 0.508. The summed E-state index contributed by atoms with van der Waals surface area (Å²) in [5, 5.41) is 3.29. The van der Waals surface area contributed by atoms with Crippen LogP contribution in [0.3, 0.4) is 0 Å². The van der Waals surface area contributed by atoms with Gasteiger partial charge in [-0.3, -0.25) is 4.99 Å². The fourth-order valence-electron chi connectivity index (χ4n) is 2.76. The normalized spacial score (nSPS) is 17.3. The Labute approximate surface area is 139 Å². The number of guanidine groups is 1. The van der Waals surface area contributed by atoms with Crippen LogP contribution in [0, 0.1) is 5.92 Å². The molecule has 1 aliphatic rings. The van der Waals surface area contributed by atoms with Gasteiger partial charge in [-0.1, -0.05) is 25.1 Å². The van der Waals surface area contributed by atoms with Gasteiger partial charge in [-0.25, -0.2) is 8.42 Å². The van der Waals surface area contributed by atoms with E-state index in [1.165, 1.54) is 12.8 Å². The highest BCUT2D eigenvalue weighted by molar-refractivity contribution is 7.91. The van der Waals surface area contributed by atoms with Crippen LogP contribution in [-0.2, 0) is 9.84 Å². The van der Waals surface area contributed by atoms with E-state index in [1.807, 2.05) is 6.07 Å². The summed E-state index contributed by atoms with van der Waals surface area (Å²) in [6, 6.07) is 8.63. The van der Waals surface area contributed by atoms with Crippen LogP contribution in [0.1, 0.15) is 26.2 Å². The monoisotopic (exact) mass is 337 g/mol. The van der Waals surface area contributed by atoms with E-state index >= 15 is 0 Å². The number of benzene rings is 1. The summed E-state index contributed by atoms with van der Waals surface area (Å²) in [5.41, 5.74) is 0. The molecule has 0 aromatic heterocycles. The van der Waals surface area contributed by atoms with Crippen LogP contribution in [0.25, 0.3) is 0 Å². The molecule has 1 N–H and O–H groups in total. The van der Waals surface area contributed by atoms with Crippen molar-refractivity contribution in [2.45, 2.75) is 31.1 Å². The molecule has 0 amide bonds. The smallest absolute Gasteiger partial charge is 0.193 e. The molecule has 1 heterocycles. The largest absolute Gasteiger partial charge is 0.356 e. The van der Waals surface area contributed by atoms with Gasteiger partial charge in [0.25, 0.3) is 0 Å². The Morgan fingerprint density at radius 3 is 2.52 bits per heavy atom. The lowest BCUT2D eigenvalue weighted by Crippen LogP contribution is -2.45. The topological polar surface area (TPSA) is 61.8 Å². The van der Waals surface area contributed by atoms with Gasteiger partial charge in [0.15, 0.2) is 15.8 Å². The first-order valence-electron chi connectivity index (χ1n) is 8.26. The van der Waals surface area contributed by atoms with Crippen molar-refractivity contribution in [2.24, 2.45) is 10.9 Å². The average molecular weight is 337 g/mol. The maximum atomic E-state index is 12.2. The molecule has 0 atom stereocenters. The second kappa shape index (κ2) is 8.34. The van der Waals surface area contributed by atoms with Crippen molar-refractivity contribution < 1.29 is 8.42 Å². The average Bonchev–Trinajstić information content (AvgIpc) is 2.57. The molecule has 0 aliphatic carbocycles. The number of piperidine rings is 1. The number of sulfone groups is 1. The first kappa shape index (κ1) is 17.8. The Balaban J connectivity index is 1.78. The van der Waals surface area contributed by atoms with E-state index in [0.717, 1.165) is 25.0 Å². The molecule has 1 aromatic rings. The van der Waals surface area contributed by atoms with Crippen LogP contribution in [-0.4, -0.2) is 51.7 Å². The van der Waals surface area contributed by atoms with Crippen LogP contribution in [0.4, 0.5) is 0 Å². The summed E-state index contributed by atoms with van der Waals surface area (Å²) < 4.78 is 24.4. The molecule has 2 rings (SSSR count). The summed E-state index contributed by atoms with van der Waals surface area (Å²) in [7, 11) is -1.41. The maximum Gasteiger partial charge on any atom is 0.193 e. The first-order valence-corrected chi connectivity index (χ1v) is 9.91. The Morgan fingerprint density at radius 2 is 1.91 bits per heavy atom. The van der Waals surface area contributed by atoms with E-state index in [4.69, 9.17) is 0 Å². The van der Waals surface area contributed by atoms with Crippen molar-refractivity contribution in [1.82, 2.24) is 10.2 Å². The molecule has 1 aliphatic heterocycles. The summed E-state index contributed by atoms with van der Waals surface area (Å²) in [6.45, 7) is 4.93. The molecule has 0 spiro atoms. The van der Waals surface area contributed by atoms with E-state index in [0.29, 0.717) is 17.9 Å². The molecule has 1 fully saturated rings. The van der Waals surface area contributed by atoms with E-state index < -0.39 is 9.84 Å². The Kier molecular flexibility index (Phi) is 6.45. The number of rotatable bonds is 5. The molecule has 6 heteroatoms. The standard InChI is InChI=1S/C17H27N3O2S/c1-15-9-12-20(13-10-15)17(18-2)19-11-6-14-23(21,22)16-7-4-3-5-8-16/h3-5,7-8,15H,6,9-14H2,1-2H3,(H,18,19). The molecule has 0 radical (unpaired) electrons. The zero-order chi connectivity index (χ0) is 16.7. The van der Waals surface area contributed by atoms with Crippen molar-refractivity contribution in [3.8, 4) is 0 Å². The molecule has 0 saturated carbocycles. The Bertz CT molecular complexity index is 606. The van der Waals surface area contributed by atoms with Gasteiger partial charge in [-0.05, 0) is 37.3 Å². The second-order valence-electron chi connectivity index (χ2n) is 6.13. The zero-order valence-corrected chi connectivity index (χ0v) is 14.8. The SMILES string of the molecule is CN=C(NCCCS(=O)(=O)c1ccccc1)N1CCC(C)CC1. The van der Waals surface area contributed by atoms with E-state index in [9.17, 15) is 8.42 Å². The molecule has 0 unspecified atom stereocenters. The lowest BCUT2D eigenvalue weighted by atomic mass is 10.00. The summed E-state index contributed by atoms with van der Waals surface area (Å²) in [4.78, 5) is 6.96. The molecule has 1 aromatic carbocycles. The lowest BCUT2D eigenvalue weighted by Gasteiger charge is -2.32. The minimum absolute atomic E-state index is 0.151. The zero-order valence-electron chi connectivity index (χ0n) is 14.0. The molecule has 0 bridgehead atoms. The number of aliphatic imine (C=N–C) groups is 1. The van der Waals surface area contributed by atoms with Gasteiger partial charge in [0.2, 0.25) is 0 Å². The van der Waals surface area contributed by atoms with Crippen LogP contribution >= 0.6 is 0 Å². The fraction of sp³-hybridized carbons (Fsp3) is 0.588. The highest BCUT2D eigenvalue weighted by Gasteiger charge is 2.18. The second-order valence-corrected chi connectivity index (χ2v) is 8.24. The van der Waals surface area contributed by atoms with Crippen molar-refractivity contribution in [2.75, 3.05) is 32.4 Å². The number of hydrogen-bond donors (Lipinski definition) is 1. The fourth-order valence-corrected chi connectivity index (χ4v) is 4.09. The number of nitrogens with zero attached hydrogens (tertiary/aromatic N) is 2. The lowest BCUT2D eigenvalue weighted by molar-refractivity contribution is 0.273. The van der Waals surface area contributed by atoms with Gasteiger partial charge in [-0.15, -0.1) is 0 Å². The van der Waals surface area contributed by atoms with Gasteiger partial charge in [0.1, 0.15) is 0 Å². The maximum absolute atomic E-state index is 12.2. The van der Waals surface area contributed by atoms with Crippen LogP contribution in [0.2, 0.25) is 0 Å². The van der Waals surface area contributed by atoms with Gasteiger partial charge < -0.3 is 10.2 Å². The molecule has 128 valence electrons. The van der Waals surface area contributed by atoms with E-state index in [1.54, 1.807) is 31.3 Å². The summed E-state index contributed by atoms with van der Waals surface area (Å²) in [5.74, 6) is 1.81. The number of nitrogens with one attached hydrogen (secondary N) is 1. The number of likely N-dealkylation sites (tertiary alicyclic amines) is 1. The van der Waals surface area contributed by atoms with Gasteiger partial charge in [0, 0.05) is 26.7 Å². The third-order valence-corrected chi connectivity index (χ3v) is 6.09. The predicted molar refractivity (Wildman–Crippen MR) is 94.4 cm³/mol. The van der Waals surface area contributed by atoms with Crippen molar-refractivity contribution >= 4 is 15.8 Å². The summed E-state index contributed by atoms with van der Waals surface area (Å²) >= 11 is 0. The van der Waals surface area contributed by atoms with Gasteiger partial charge in [0.05, 0.1) is 10.6 Å². The van der Waals surface area contributed by atoms with Crippen molar-refractivity contribution in [3.05, 3.63) is 30.3 Å². The van der Waals surface area contributed by atoms with Gasteiger partial charge in [-0.2, -0.15) is 0 Å². The Morgan fingerprint density at radius 1 is 1.26 bits per heavy atom. The predicted octanol–water partition coefficient (Wildman–Crippen LogP) is 2.16. The molecule has 1 saturated heterocycles. The van der Waals surface area contributed by atoms with E-state index in [-0.39, 0.29) is 5.75 Å². The minimum Gasteiger partial charge on any atom is -0.356 e. The van der Waals surface area contributed by atoms with Crippen LogP contribution < -0.4 is 5.32 Å². The summed E-state index contributed by atoms with van der Waals surface area (Å²) in [6.07, 6.45) is 2.94. The number of hydrogen-bond acceptors (Lipinski definition) is 3. The van der Waals surface area contributed by atoms with Crippen molar-refractivity contribution in [1.29, 1.82) is 0 Å². The van der Waals surface area contributed by atoms with Crippen LogP contribution in [0.5, 0.6) is 0 Å². The van der Waals surface area contributed by atoms with E-state index in [2.05, 4.69) is 22.1 Å². The molecular formula is C17H27N3O2S. The van der Waals surface area contributed by atoms with Crippen LogP contribution in [0.15, 0.2) is 40.2 Å². The molecular weight excluding hydrogens is 310 g/mol.